The van der Waals surface area contributed by atoms with Crippen molar-refractivity contribution in [1.29, 1.82) is 0 Å². The van der Waals surface area contributed by atoms with Gasteiger partial charge in [0.2, 0.25) is 0 Å². The monoisotopic (exact) mass is 571 g/mol. The fourth-order valence-electron chi connectivity index (χ4n) is 4.98. The molecule has 5 heteroatoms. The Morgan fingerprint density at radius 2 is 1.44 bits per heavy atom. The van der Waals surface area contributed by atoms with E-state index in [1.54, 1.807) is 0 Å². The zero-order valence-electron chi connectivity index (χ0n) is 20.1. The number of benzene rings is 3. The molecule has 178 valence electrons. The number of phenols is 1. The van der Waals surface area contributed by atoms with Crippen molar-refractivity contribution in [2.75, 3.05) is 0 Å². The van der Waals surface area contributed by atoms with Gasteiger partial charge in [-0.25, -0.2) is 0 Å². The van der Waals surface area contributed by atoms with Crippen LogP contribution >= 0.6 is 17.0 Å². The van der Waals surface area contributed by atoms with Gasteiger partial charge in [0.25, 0.3) is 0 Å². The predicted octanol–water partition coefficient (Wildman–Crippen LogP) is 8.43. The molecule has 1 N–H and O–H groups in total. The van der Waals surface area contributed by atoms with Crippen LogP contribution in [0.2, 0.25) is 0 Å². The number of aromatic hydroxyl groups is 1. The second-order valence-electron chi connectivity index (χ2n) is 9.23. The van der Waals surface area contributed by atoms with Crippen molar-refractivity contribution in [2.45, 2.75) is 57.9 Å². The maximum atomic E-state index is 11.5. The molecule has 0 aromatic heterocycles. The molecule has 2 unspecified atom stereocenters. The summed E-state index contributed by atoms with van der Waals surface area (Å²) in [5, 5.41) is 11.5. The van der Waals surface area contributed by atoms with Crippen LogP contribution in [0.25, 0.3) is 0 Å². The first kappa shape index (κ1) is 27.2. The van der Waals surface area contributed by atoms with Crippen LogP contribution in [-0.2, 0) is 26.3 Å². The number of hydrogen-bond acceptors (Lipinski definition) is 2. The van der Waals surface area contributed by atoms with Gasteiger partial charge in [-0.2, -0.15) is 0 Å². The van der Waals surface area contributed by atoms with Crippen molar-refractivity contribution >= 4 is 23.2 Å². The Kier molecular flexibility index (Phi) is 10.4. The van der Waals surface area contributed by atoms with E-state index in [9.17, 15) is 5.11 Å². The number of rotatable bonds is 5. The molecule has 1 aliphatic rings. The van der Waals surface area contributed by atoms with Crippen LogP contribution in [0.1, 0.15) is 67.3 Å². The van der Waals surface area contributed by atoms with Crippen LogP contribution in [0.5, 0.6) is 5.75 Å². The number of hydrogen-bond donors (Lipinski definition) is 1. The second kappa shape index (κ2) is 13.1. The van der Waals surface area contributed by atoms with E-state index in [4.69, 9.17) is 22.0 Å². The first-order valence-electron chi connectivity index (χ1n) is 11.9. The molecule has 1 aliphatic carbocycles. The van der Waals surface area contributed by atoms with Gasteiger partial charge in [0.1, 0.15) is 5.75 Å². The van der Waals surface area contributed by atoms with E-state index in [1.165, 1.54) is 19.3 Å². The van der Waals surface area contributed by atoms with E-state index >= 15 is 0 Å². The molecule has 34 heavy (non-hydrogen) atoms. The first-order valence-corrected chi connectivity index (χ1v) is 18.2. The normalized spacial score (nSPS) is 18.3. The van der Waals surface area contributed by atoms with Gasteiger partial charge in [-0.05, 0) is 49.3 Å². The molecule has 0 heterocycles. The molecule has 3 aromatic carbocycles. The average Bonchev–Trinajstić information content (AvgIpc) is 2.86. The predicted molar refractivity (Wildman–Crippen MR) is 142 cm³/mol. The Bertz CT molecular complexity index is 1030. The summed E-state index contributed by atoms with van der Waals surface area (Å²) in [4.78, 5) is 4.94. The molecule has 0 aliphatic heterocycles. The molecular formula is C29H33Cl2NOZr. The van der Waals surface area contributed by atoms with Gasteiger partial charge in [-0.15, -0.1) is 0 Å². The van der Waals surface area contributed by atoms with Gasteiger partial charge in [-0.1, -0.05) is 92.6 Å². The Balaban J connectivity index is 0.00000103. The van der Waals surface area contributed by atoms with E-state index < -0.39 is 26.3 Å². The second-order valence-corrected chi connectivity index (χ2v) is 13.0. The SMILES string of the molecule is Cc1ccc(C(C)(c2ccccc2)c2ccccc2)c(O)c1C=NC1CCCCC1C.[Cl][Zr][Cl]. The number of halogens is 2. The molecule has 0 bridgehead atoms. The third-order valence-electron chi connectivity index (χ3n) is 7.14. The number of phenolic OH excluding ortho intramolecular Hbond substituents is 1. The molecule has 0 amide bonds. The summed E-state index contributed by atoms with van der Waals surface area (Å²) >= 11 is -0.826. The number of nitrogens with zero attached hydrogens (tertiary/aromatic N) is 1. The molecule has 0 saturated heterocycles. The molecule has 2 nitrogen and oxygen atoms in total. The Morgan fingerprint density at radius 1 is 0.912 bits per heavy atom. The first-order chi connectivity index (χ1) is 16.4. The molecule has 1 saturated carbocycles. The standard InChI is InChI=1S/C29H33NO.2ClH.Zr/c1-21-18-19-26(28(31)25(21)20-30-27-17-11-10-12-22(27)2)29(3,23-13-6-4-7-14-23)24-15-8-5-9-16-24;;;/h4-9,13-16,18-20,22,27,31H,10-12,17H2,1-3H3;2*1H;/q;;;+2/p-2. The average molecular weight is 574 g/mol. The van der Waals surface area contributed by atoms with Crippen LogP contribution in [0.3, 0.4) is 0 Å². The van der Waals surface area contributed by atoms with Crippen molar-refractivity contribution in [3.63, 3.8) is 0 Å². The molecule has 4 rings (SSSR count). The Hall–Kier alpha value is -1.41. The van der Waals surface area contributed by atoms with Gasteiger partial charge in [-0.3, -0.25) is 4.99 Å². The van der Waals surface area contributed by atoms with Crippen LogP contribution in [0.4, 0.5) is 0 Å². The van der Waals surface area contributed by atoms with Crippen LogP contribution in [-0.4, -0.2) is 17.4 Å². The molecular weight excluding hydrogens is 540 g/mol. The summed E-state index contributed by atoms with van der Waals surface area (Å²) in [6, 6.07) is 25.4. The van der Waals surface area contributed by atoms with E-state index in [0.717, 1.165) is 34.2 Å². The summed E-state index contributed by atoms with van der Waals surface area (Å²) in [5.74, 6) is 0.942. The quantitative estimate of drug-likeness (QED) is 0.241. The summed E-state index contributed by atoms with van der Waals surface area (Å²) < 4.78 is 0. The fraction of sp³-hybridized carbons (Fsp3) is 0.345. The van der Waals surface area contributed by atoms with Crippen LogP contribution in [0.15, 0.2) is 77.8 Å². The Labute approximate surface area is 223 Å². The summed E-state index contributed by atoms with van der Waals surface area (Å²) in [6.07, 6.45) is 6.87. The Morgan fingerprint density at radius 3 is 1.97 bits per heavy atom. The summed E-state index contributed by atoms with van der Waals surface area (Å²) in [7, 11) is 9.87. The van der Waals surface area contributed by atoms with E-state index in [1.807, 2.05) is 18.3 Å². The minimum atomic E-state index is -0.826. The van der Waals surface area contributed by atoms with E-state index in [0.29, 0.717) is 17.7 Å². The van der Waals surface area contributed by atoms with E-state index in [-0.39, 0.29) is 0 Å². The van der Waals surface area contributed by atoms with Crippen LogP contribution < -0.4 is 0 Å². The van der Waals surface area contributed by atoms with Crippen molar-refractivity contribution in [3.05, 3.63) is 101 Å². The van der Waals surface area contributed by atoms with Gasteiger partial charge in [0, 0.05) is 22.8 Å². The summed E-state index contributed by atoms with van der Waals surface area (Å²) in [5.41, 5.74) is 4.65. The van der Waals surface area contributed by atoms with Crippen molar-refractivity contribution in [1.82, 2.24) is 0 Å². The van der Waals surface area contributed by atoms with Gasteiger partial charge in [0.15, 0.2) is 0 Å². The molecule has 3 aromatic rings. The zero-order chi connectivity index (χ0) is 24.6. The van der Waals surface area contributed by atoms with Gasteiger partial charge in [0.05, 0.1) is 6.04 Å². The topological polar surface area (TPSA) is 32.6 Å². The van der Waals surface area contributed by atoms with Gasteiger partial charge < -0.3 is 5.11 Å². The maximum absolute atomic E-state index is 11.5. The number of aliphatic imine (C=N–C) groups is 1. The van der Waals surface area contributed by atoms with Crippen LogP contribution in [0, 0.1) is 12.8 Å². The van der Waals surface area contributed by atoms with Crippen molar-refractivity contribution < 1.29 is 26.0 Å². The summed E-state index contributed by atoms with van der Waals surface area (Å²) in [6.45, 7) is 6.55. The zero-order valence-corrected chi connectivity index (χ0v) is 24.1. The van der Waals surface area contributed by atoms with Crippen molar-refractivity contribution in [2.24, 2.45) is 10.9 Å². The molecule has 0 radical (unpaired) electrons. The minimum absolute atomic E-state index is 0.336. The third-order valence-corrected chi connectivity index (χ3v) is 7.14. The third kappa shape index (κ3) is 6.23. The van der Waals surface area contributed by atoms with Crippen molar-refractivity contribution in [3.8, 4) is 5.75 Å². The molecule has 1 fully saturated rings. The van der Waals surface area contributed by atoms with Gasteiger partial charge >= 0.3 is 37.9 Å². The number of aryl methyl sites for hydroxylation is 1. The molecule has 0 spiro atoms. The molecule has 2 atom stereocenters. The van der Waals surface area contributed by atoms with E-state index in [2.05, 4.69) is 81.4 Å². The fourth-order valence-corrected chi connectivity index (χ4v) is 4.98.